The fourth-order valence-electron chi connectivity index (χ4n) is 3.42. The summed E-state index contributed by atoms with van der Waals surface area (Å²) in [7, 11) is 4.78. The second kappa shape index (κ2) is 6.83. The van der Waals surface area contributed by atoms with Crippen molar-refractivity contribution in [2.75, 3.05) is 7.11 Å². The van der Waals surface area contributed by atoms with Crippen LogP contribution in [0.5, 0.6) is 5.75 Å². The van der Waals surface area contributed by atoms with Gasteiger partial charge in [-0.1, -0.05) is 34.1 Å². The Morgan fingerprint density at radius 2 is 1.71 bits per heavy atom. The number of aryl methyl sites for hydroxylation is 1. The number of methoxy groups -OCH3 is 1. The number of hydrogen-bond acceptors (Lipinski definition) is 3. The second-order valence-corrected chi connectivity index (χ2v) is 7.44. The van der Waals surface area contributed by atoms with E-state index in [4.69, 9.17) is 4.74 Å². The van der Waals surface area contributed by atoms with Gasteiger partial charge in [0.15, 0.2) is 0 Å². The zero-order valence-corrected chi connectivity index (χ0v) is 17.2. The standard InChI is InChI=1S/C21H18BrN3O3/c1-23-17-12-25(15-8-5-9-16(11-15)28-3)19(13-6-4-7-14(22)10-13)18(17)20(26)24(2)21(23)27/h4-12H,1-3H3. The SMILES string of the molecule is COc1cccc(-n2cc3c(c2-c2cccc(Br)c2)c(=O)n(C)c(=O)n3C)c1. The maximum absolute atomic E-state index is 13.0. The molecule has 6 nitrogen and oxygen atoms in total. The minimum Gasteiger partial charge on any atom is -0.497 e. The van der Waals surface area contributed by atoms with Gasteiger partial charge in [-0.25, -0.2) is 4.79 Å². The third kappa shape index (κ3) is 2.79. The van der Waals surface area contributed by atoms with E-state index < -0.39 is 0 Å². The molecule has 0 atom stereocenters. The van der Waals surface area contributed by atoms with E-state index in [0.29, 0.717) is 16.7 Å². The first kappa shape index (κ1) is 18.3. The molecule has 2 heterocycles. The number of ether oxygens (including phenoxy) is 1. The van der Waals surface area contributed by atoms with Gasteiger partial charge in [-0.2, -0.15) is 0 Å². The summed E-state index contributed by atoms with van der Waals surface area (Å²) in [5.74, 6) is 0.706. The molecule has 28 heavy (non-hydrogen) atoms. The van der Waals surface area contributed by atoms with Gasteiger partial charge in [0.2, 0.25) is 0 Å². The molecule has 0 aliphatic rings. The van der Waals surface area contributed by atoms with Crippen LogP contribution in [0.2, 0.25) is 0 Å². The highest BCUT2D eigenvalue weighted by molar-refractivity contribution is 9.10. The van der Waals surface area contributed by atoms with Crippen LogP contribution in [0, 0.1) is 0 Å². The molecular weight excluding hydrogens is 422 g/mol. The summed E-state index contributed by atoms with van der Waals surface area (Å²) >= 11 is 3.51. The average molecular weight is 440 g/mol. The van der Waals surface area contributed by atoms with Gasteiger partial charge >= 0.3 is 5.69 Å². The van der Waals surface area contributed by atoms with E-state index in [9.17, 15) is 9.59 Å². The lowest BCUT2D eigenvalue weighted by Crippen LogP contribution is -2.36. The van der Waals surface area contributed by atoms with E-state index in [0.717, 1.165) is 26.0 Å². The van der Waals surface area contributed by atoms with Crippen molar-refractivity contribution in [2.45, 2.75) is 0 Å². The van der Waals surface area contributed by atoms with Crippen LogP contribution in [0.4, 0.5) is 0 Å². The predicted molar refractivity (Wildman–Crippen MR) is 113 cm³/mol. The average Bonchev–Trinajstić information content (AvgIpc) is 3.11. The smallest absolute Gasteiger partial charge is 0.330 e. The van der Waals surface area contributed by atoms with Gasteiger partial charge in [-0.3, -0.25) is 13.9 Å². The monoisotopic (exact) mass is 439 g/mol. The summed E-state index contributed by atoms with van der Waals surface area (Å²) in [6, 6.07) is 15.3. The Hall–Kier alpha value is -3.06. The molecule has 7 heteroatoms. The molecule has 2 aromatic carbocycles. The first-order valence-electron chi connectivity index (χ1n) is 8.64. The van der Waals surface area contributed by atoms with Gasteiger partial charge in [-0.15, -0.1) is 0 Å². The van der Waals surface area contributed by atoms with Crippen molar-refractivity contribution >= 4 is 26.8 Å². The van der Waals surface area contributed by atoms with Crippen LogP contribution in [0.25, 0.3) is 27.8 Å². The molecule has 0 radical (unpaired) electrons. The molecule has 0 spiro atoms. The summed E-state index contributed by atoms with van der Waals surface area (Å²) in [5.41, 5.74) is 2.31. The van der Waals surface area contributed by atoms with Crippen LogP contribution >= 0.6 is 15.9 Å². The molecule has 0 saturated carbocycles. The minimum absolute atomic E-state index is 0.324. The molecule has 0 amide bonds. The Labute approximate surface area is 169 Å². The van der Waals surface area contributed by atoms with Gasteiger partial charge in [0, 0.05) is 42.1 Å². The third-order valence-corrected chi connectivity index (χ3v) is 5.36. The van der Waals surface area contributed by atoms with Gasteiger partial charge in [0.25, 0.3) is 5.56 Å². The number of fused-ring (bicyclic) bond motifs is 1. The normalized spacial score (nSPS) is 11.1. The molecule has 0 N–H and O–H groups in total. The lowest BCUT2D eigenvalue weighted by Gasteiger charge is -2.11. The van der Waals surface area contributed by atoms with Crippen LogP contribution in [0.1, 0.15) is 0 Å². The van der Waals surface area contributed by atoms with Crippen molar-refractivity contribution in [1.29, 1.82) is 0 Å². The Balaban J connectivity index is 2.20. The van der Waals surface area contributed by atoms with Crippen molar-refractivity contribution in [2.24, 2.45) is 14.1 Å². The number of hydrogen-bond donors (Lipinski definition) is 0. The molecule has 142 valence electrons. The van der Waals surface area contributed by atoms with Crippen molar-refractivity contribution < 1.29 is 4.74 Å². The highest BCUT2D eigenvalue weighted by atomic mass is 79.9. The van der Waals surface area contributed by atoms with Gasteiger partial charge in [0.05, 0.1) is 23.7 Å². The van der Waals surface area contributed by atoms with Crippen LogP contribution in [0.15, 0.2) is 68.8 Å². The number of rotatable bonds is 3. The highest BCUT2D eigenvalue weighted by Crippen LogP contribution is 2.33. The van der Waals surface area contributed by atoms with Crippen LogP contribution in [-0.4, -0.2) is 20.8 Å². The lowest BCUT2D eigenvalue weighted by atomic mass is 10.1. The van der Waals surface area contributed by atoms with E-state index in [1.165, 1.54) is 11.6 Å². The van der Waals surface area contributed by atoms with E-state index in [1.807, 2.05) is 59.3 Å². The van der Waals surface area contributed by atoms with Crippen LogP contribution < -0.4 is 16.0 Å². The van der Waals surface area contributed by atoms with Crippen LogP contribution in [0.3, 0.4) is 0 Å². The van der Waals surface area contributed by atoms with E-state index >= 15 is 0 Å². The second-order valence-electron chi connectivity index (χ2n) is 6.53. The largest absolute Gasteiger partial charge is 0.497 e. The summed E-state index contributed by atoms with van der Waals surface area (Å²) in [5, 5.41) is 0.491. The number of halogens is 1. The number of nitrogens with zero attached hydrogens (tertiary/aromatic N) is 3. The first-order chi connectivity index (χ1) is 13.4. The highest BCUT2D eigenvalue weighted by Gasteiger charge is 2.20. The van der Waals surface area contributed by atoms with E-state index in [2.05, 4.69) is 15.9 Å². The molecule has 0 unspecified atom stereocenters. The summed E-state index contributed by atoms with van der Waals surface area (Å²) in [6.07, 6.45) is 1.82. The van der Waals surface area contributed by atoms with Crippen LogP contribution in [-0.2, 0) is 14.1 Å². The quantitative estimate of drug-likeness (QED) is 0.490. The molecule has 0 fully saturated rings. The Kier molecular flexibility index (Phi) is 4.47. The maximum Gasteiger partial charge on any atom is 0.330 e. The molecule has 0 bridgehead atoms. The van der Waals surface area contributed by atoms with Crippen molar-refractivity contribution in [3.63, 3.8) is 0 Å². The van der Waals surface area contributed by atoms with Crippen molar-refractivity contribution in [3.05, 3.63) is 80.0 Å². The topological polar surface area (TPSA) is 58.2 Å². The Bertz CT molecular complexity index is 1330. The molecular formula is C21H18BrN3O3. The van der Waals surface area contributed by atoms with Crippen molar-refractivity contribution in [1.82, 2.24) is 13.7 Å². The molecule has 0 saturated heterocycles. The first-order valence-corrected chi connectivity index (χ1v) is 9.43. The fourth-order valence-corrected chi connectivity index (χ4v) is 3.82. The summed E-state index contributed by atoms with van der Waals surface area (Å²) in [6.45, 7) is 0. The number of benzene rings is 2. The van der Waals surface area contributed by atoms with Crippen molar-refractivity contribution in [3.8, 4) is 22.7 Å². The van der Waals surface area contributed by atoms with Gasteiger partial charge in [-0.05, 0) is 24.3 Å². The van der Waals surface area contributed by atoms with Gasteiger partial charge < -0.3 is 9.30 Å². The van der Waals surface area contributed by atoms with E-state index in [1.54, 1.807) is 14.2 Å². The maximum atomic E-state index is 13.0. The zero-order valence-electron chi connectivity index (χ0n) is 15.6. The Morgan fingerprint density at radius 3 is 2.43 bits per heavy atom. The molecule has 2 aromatic heterocycles. The predicted octanol–water partition coefficient (Wildman–Crippen LogP) is 3.47. The molecule has 0 aliphatic heterocycles. The number of aromatic nitrogens is 3. The molecule has 0 aliphatic carbocycles. The summed E-state index contributed by atoms with van der Waals surface area (Å²) < 4.78 is 10.8. The molecule has 4 rings (SSSR count). The van der Waals surface area contributed by atoms with E-state index in [-0.39, 0.29) is 11.2 Å². The fraction of sp³-hybridized carbons (Fsp3) is 0.143. The lowest BCUT2D eigenvalue weighted by molar-refractivity contribution is 0.414. The third-order valence-electron chi connectivity index (χ3n) is 4.87. The zero-order chi connectivity index (χ0) is 20.0. The summed E-state index contributed by atoms with van der Waals surface area (Å²) in [4.78, 5) is 25.5. The minimum atomic E-state index is -0.360. The Morgan fingerprint density at radius 1 is 0.964 bits per heavy atom. The van der Waals surface area contributed by atoms with Gasteiger partial charge in [0.1, 0.15) is 5.75 Å². The molecule has 4 aromatic rings.